The molecular formula is C38H47N5O6. The van der Waals surface area contributed by atoms with Crippen LogP contribution in [0.1, 0.15) is 76.5 Å². The normalized spacial score (nSPS) is 15.7. The second kappa shape index (κ2) is 15.0. The number of carbonyl (C=O) groups excluding carboxylic acids is 2. The van der Waals surface area contributed by atoms with E-state index in [0.29, 0.717) is 47.0 Å². The highest BCUT2D eigenvalue weighted by Crippen LogP contribution is 2.50. The third kappa shape index (κ3) is 7.21. The molecule has 1 heterocycles. The van der Waals surface area contributed by atoms with Crippen LogP contribution in [0.4, 0.5) is 5.69 Å². The topological polar surface area (TPSA) is 144 Å². The van der Waals surface area contributed by atoms with Gasteiger partial charge in [-0.25, -0.2) is 4.98 Å². The summed E-state index contributed by atoms with van der Waals surface area (Å²) in [4.78, 5) is 48.6. The molecule has 0 bridgehead atoms. The van der Waals surface area contributed by atoms with Crippen LogP contribution in [-0.4, -0.2) is 49.2 Å². The number of fused-ring (bicyclic) bond motifs is 4. The summed E-state index contributed by atoms with van der Waals surface area (Å²) in [6.45, 7) is 9.50. The number of nitrogens with one attached hydrogen (secondary N) is 4. The number of rotatable bonds is 12. The molecule has 0 saturated heterocycles. The zero-order chi connectivity index (χ0) is 35.4. The fraction of sp³-hybridized carbons (Fsp3) is 0.421. The molecule has 11 nitrogen and oxygen atoms in total. The number of nitrogens with zero attached hydrogens (tertiary/aromatic N) is 1. The van der Waals surface area contributed by atoms with Crippen molar-refractivity contribution < 1.29 is 23.8 Å². The number of methoxy groups -OCH3 is 3. The Kier molecular flexibility index (Phi) is 10.8. The van der Waals surface area contributed by atoms with Gasteiger partial charge in [-0.3, -0.25) is 14.4 Å². The zero-order valence-corrected chi connectivity index (χ0v) is 29.5. The highest BCUT2D eigenvalue weighted by molar-refractivity contribution is 5.86. The van der Waals surface area contributed by atoms with E-state index in [-0.39, 0.29) is 40.8 Å². The quantitative estimate of drug-likeness (QED) is 0.142. The van der Waals surface area contributed by atoms with Crippen LogP contribution < -0.4 is 35.6 Å². The number of amides is 2. The van der Waals surface area contributed by atoms with Crippen LogP contribution in [0, 0.1) is 11.8 Å². The number of imidazole rings is 1. The van der Waals surface area contributed by atoms with E-state index in [1.54, 1.807) is 33.5 Å². The van der Waals surface area contributed by atoms with Crippen molar-refractivity contribution in [3.8, 4) is 28.4 Å². The molecule has 49 heavy (non-hydrogen) atoms. The van der Waals surface area contributed by atoms with Crippen molar-refractivity contribution in [2.24, 2.45) is 11.8 Å². The van der Waals surface area contributed by atoms with Gasteiger partial charge in [-0.2, -0.15) is 0 Å². The van der Waals surface area contributed by atoms with Crippen LogP contribution in [0.2, 0.25) is 0 Å². The van der Waals surface area contributed by atoms with Crippen LogP contribution in [0.5, 0.6) is 17.2 Å². The maximum absolute atomic E-state index is 14.0. The molecule has 1 aliphatic rings. The van der Waals surface area contributed by atoms with Gasteiger partial charge in [0.15, 0.2) is 11.5 Å². The minimum absolute atomic E-state index is 0.0916. The number of anilines is 1. The van der Waals surface area contributed by atoms with Crippen molar-refractivity contribution in [3.63, 3.8) is 0 Å². The van der Waals surface area contributed by atoms with Crippen molar-refractivity contribution in [3.05, 3.63) is 75.7 Å². The largest absolute Gasteiger partial charge is 0.493 e. The number of hydrogen-bond acceptors (Lipinski definition) is 8. The first kappa shape index (κ1) is 35.3. The van der Waals surface area contributed by atoms with E-state index >= 15 is 0 Å². The smallest absolute Gasteiger partial charge is 0.243 e. The van der Waals surface area contributed by atoms with Crippen molar-refractivity contribution in [1.29, 1.82) is 0 Å². The molecular weight excluding hydrogens is 622 g/mol. The summed E-state index contributed by atoms with van der Waals surface area (Å²) in [7, 11) is 4.68. The van der Waals surface area contributed by atoms with Crippen molar-refractivity contribution in [2.45, 2.75) is 72.0 Å². The molecule has 2 amide bonds. The summed E-state index contributed by atoms with van der Waals surface area (Å²) in [5, 5.41) is 9.54. The first-order valence-electron chi connectivity index (χ1n) is 16.8. The minimum Gasteiger partial charge on any atom is -0.493 e. The number of benzene rings is 2. The third-order valence-electron chi connectivity index (χ3n) is 9.39. The molecule has 4 aromatic rings. The van der Waals surface area contributed by atoms with Crippen molar-refractivity contribution in [1.82, 2.24) is 20.6 Å². The molecule has 0 aliphatic heterocycles. The second-order valence-corrected chi connectivity index (χ2v) is 13.0. The third-order valence-corrected chi connectivity index (χ3v) is 9.39. The van der Waals surface area contributed by atoms with Crippen LogP contribution in [0.25, 0.3) is 22.2 Å². The lowest BCUT2D eigenvalue weighted by atomic mass is 9.95. The molecule has 1 aliphatic carbocycles. The summed E-state index contributed by atoms with van der Waals surface area (Å²) in [5.41, 5.74) is 4.71. The molecule has 0 spiro atoms. The average molecular weight is 670 g/mol. The Morgan fingerprint density at radius 2 is 1.73 bits per heavy atom. The van der Waals surface area contributed by atoms with Gasteiger partial charge in [0.1, 0.15) is 11.9 Å². The predicted octanol–water partition coefficient (Wildman–Crippen LogP) is 6.08. The number of aryl methyl sites for hydroxylation is 1. The number of carbonyl (C=O) groups is 2. The lowest BCUT2D eigenvalue weighted by molar-refractivity contribution is -0.124. The molecule has 5 rings (SSSR count). The molecule has 3 aromatic carbocycles. The molecule has 0 unspecified atom stereocenters. The summed E-state index contributed by atoms with van der Waals surface area (Å²) in [5.74, 6) is 1.58. The summed E-state index contributed by atoms with van der Waals surface area (Å²) >= 11 is 0. The van der Waals surface area contributed by atoms with Crippen molar-refractivity contribution in [2.75, 3.05) is 26.6 Å². The monoisotopic (exact) mass is 669 g/mol. The van der Waals surface area contributed by atoms with Gasteiger partial charge in [-0.05, 0) is 71.7 Å². The molecule has 0 radical (unpaired) electrons. The Labute approximate surface area is 287 Å². The Balaban J connectivity index is 1.57. The fourth-order valence-electron chi connectivity index (χ4n) is 6.61. The molecule has 4 N–H and O–H groups in total. The molecule has 1 aromatic heterocycles. The number of ether oxygens (including phenoxy) is 3. The average Bonchev–Trinajstić information content (AvgIpc) is 3.38. The fourth-order valence-corrected chi connectivity index (χ4v) is 6.61. The van der Waals surface area contributed by atoms with Crippen molar-refractivity contribution >= 4 is 28.5 Å². The van der Waals surface area contributed by atoms with E-state index in [1.807, 2.05) is 50.2 Å². The maximum Gasteiger partial charge on any atom is 0.243 e. The molecule has 11 heteroatoms. The minimum atomic E-state index is -0.733. The zero-order valence-electron chi connectivity index (χ0n) is 29.5. The van der Waals surface area contributed by atoms with E-state index < -0.39 is 12.1 Å². The van der Waals surface area contributed by atoms with Crippen LogP contribution in [0.3, 0.4) is 0 Å². The van der Waals surface area contributed by atoms with Crippen LogP contribution in [-0.2, 0) is 16.0 Å². The number of H-pyrrole nitrogens is 1. The summed E-state index contributed by atoms with van der Waals surface area (Å²) in [6.07, 6.45) is 1.96. The predicted molar refractivity (Wildman–Crippen MR) is 191 cm³/mol. The Hall–Kier alpha value is -5.06. The van der Waals surface area contributed by atoms with Gasteiger partial charge >= 0.3 is 0 Å². The van der Waals surface area contributed by atoms with Gasteiger partial charge in [-0.1, -0.05) is 52.3 Å². The Morgan fingerprint density at radius 3 is 2.37 bits per heavy atom. The van der Waals surface area contributed by atoms with E-state index in [9.17, 15) is 14.4 Å². The number of aromatic amines is 1. The highest BCUT2D eigenvalue weighted by Gasteiger charge is 2.32. The molecule has 260 valence electrons. The van der Waals surface area contributed by atoms with Gasteiger partial charge in [0.25, 0.3) is 0 Å². The second-order valence-electron chi connectivity index (χ2n) is 13.0. The van der Waals surface area contributed by atoms with Gasteiger partial charge < -0.3 is 35.1 Å². The SMILES string of the molecule is CC[C@H](C)[C@H](NC(=O)[C@@H](Nc1ccc2c(cc1=O)[C@@H](NC(C)=O)CCc1cc(OC)c(OC)c(OC)c1-2)C(C)C)c1nc2ccccc2[nH]1. The summed E-state index contributed by atoms with van der Waals surface area (Å²) in [6, 6.07) is 13.2. The van der Waals surface area contributed by atoms with E-state index in [0.717, 1.165) is 28.6 Å². The number of hydrogen-bond donors (Lipinski definition) is 4. The number of para-hydroxylation sites is 2. The highest BCUT2D eigenvalue weighted by atomic mass is 16.5. The van der Waals surface area contributed by atoms with Gasteiger partial charge in [0.2, 0.25) is 23.0 Å². The van der Waals surface area contributed by atoms with E-state index in [1.165, 1.54) is 6.92 Å². The first-order chi connectivity index (χ1) is 23.5. The lowest BCUT2D eigenvalue weighted by Gasteiger charge is -2.28. The maximum atomic E-state index is 14.0. The molecule has 4 atom stereocenters. The lowest BCUT2D eigenvalue weighted by Crippen LogP contribution is -2.46. The van der Waals surface area contributed by atoms with Crippen LogP contribution >= 0.6 is 0 Å². The summed E-state index contributed by atoms with van der Waals surface area (Å²) < 4.78 is 17.2. The Morgan fingerprint density at radius 1 is 1.00 bits per heavy atom. The number of aromatic nitrogens is 2. The molecule has 0 saturated carbocycles. The van der Waals surface area contributed by atoms with Gasteiger partial charge in [0, 0.05) is 12.5 Å². The first-order valence-corrected chi connectivity index (χ1v) is 16.8. The van der Waals surface area contributed by atoms with Crippen LogP contribution in [0.15, 0.2) is 53.3 Å². The van der Waals surface area contributed by atoms with Gasteiger partial charge in [-0.15, -0.1) is 0 Å². The van der Waals surface area contributed by atoms with E-state index in [4.69, 9.17) is 19.2 Å². The molecule has 0 fully saturated rings. The van der Waals surface area contributed by atoms with E-state index in [2.05, 4.69) is 34.8 Å². The standard InChI is InChI=1S/C38H47N5O6/c1-9-21(4)34(37-41-27-12-10-11-13-28(27)42-37)43-38(46)33(20(2)3)40-29-17-15-24-25(19-30(29)45)26(39-22(5)44)16-14-23-18-31(47-6)35(48-7)36(49-8)32(23)24/h10-13,15,17-21,26,33-34H,9,14,16H2,1-8H3,(H,39,44)(H,40,45)(H,41,42)(H,43,46)/t21-,26-,33-,34-/m0/s1. The van der Waals surface area contributed by atoms with Gasteiger partial charge in [0.05, 0.1) is 50.1 Å². The Bertz CT molecular complexity index is 1870.